The van der Waals surface area contributed by atoms with E-state index in [2.05, 4.69) is 39.5 Å². The second kappa shape index (κ2) is 6.76. The summed E-state index contributed by atoms with van der Waals surface area (Å²) in [5.74, 6) is 1.14. The summed E-state index contributed by atoms with van der Waals surface area (Å²) in [6, 6.07) is 0. The molecule has 2 atom stereocenters. The summed E-state index contributed by atoms with van der Waals surface area (Å²) in [6.07, 6.45) is 7.83. The highest BCUT2D eigenvalue weighted by Gasteiger charge is 2.04. The molecule has 0 spiro atoms. The van der Waals surface area contributed by atoms with Crippen molar-refractivity contribution in [3.05, 3.63) is 24.4 Å². The van der Waals surface area contributed by atoms with Gasteiger partial charge in [-0.2, -0.15) is 0 Å². The Kier molecular flexibility index (Phi) is 6.38. The third-order valence-electron chi connectivity index (χ3n) is 2.55. The molecule has 0 aromatic carbocycles. The fourth-order valence-corrected chi connectivity index (χ4v) is 1.19. The number of nitrogens with two attached hydrogens (primary N) is 1. The third kappa shape index (κ3) is 5.51. The van der Waals surface area contributed by atoms with Gasteiger partial charge in [-0.05, 0) is 18.8 Å². The predicted octanol–water partition coefficient (Wildman–Crippen LogP) is 3.48. The van der Waals surface area contributed by atoms with Crippen molar-refractivity contribution in [3.63, 3.8) is 0 Å². The smallest absolute Gasteiger partial charge is 0.00420 e. The van der Waals surface area contributed by atoms with Crippen LogP contribution in [-0.4, -0.2) is 0 Å². The van der Waals surface area contributed by atoms with E-state index in [0.29, 0.717) is 11.8 Å². The normalized spacial score (nSPS) is 15.9. The fourth-order valence-electron chi connectivity index (χ4n) is 1.19. The molecule has 0 bridgehead atoms. The molecule has 0 saturated carbocycles. The number of hydrogen-bond acceptors (Lipinski definition) is 1. The molecular weight excluding hydrogens is 158 g/mol. The van der Waals surface area contributed by atoms with Crippen molar-refractivity contribution in [1.29, 1.82) is 0 Å². The summed E-state index contributed by atoms with van der Waals surface area (Å²) < 4.78 is 0. The van der Waals surface area contributed by atoms with Gasteiger partial charge in [0.15, 0.2) is 0 Å². The van der Waals surface area contributed by atoms with E-state index < -0.39 is 0 Å². The zero-order valence-corrected chi connectivity index (χ0v) is 9.22. The maximum atomic E-state index is 5.67. The van der Waals surface area contributed by atoms with Crippen LogP contribution in [0.25, 0.3) is 0 Å². The summed E-state index contributed by atoms with van der Waals surface area (Å²) in [5.41, 5.74) is 6.48. The molecule has 0 aliphatic heterocycles. The van der Waals surface area contributed by atoms with E-state index in [9.17, 15) is 0 Å². The lowest BCUT2D eigenvalue weighted by molar-refractivity contribution is 0.591. The fraction of sp³-hybridized carbons (Fsp3) is 0.667. The Bertz CT molecular complexity index is 170. The molecule has 2 N–H and O–H groups in total. The van der Waals surface area contributed by atoms with E-state index in [1.807, 2.05) is 0 Å². The maximum absolute atomic E-state index is 5.67. The Hall–Kier alpha value is -0.720. The molecule has 1 nitrogen and oxygen atoms in total. The standard InChI is InChI=1S/C12H23N/c1-5-10(3)8-7-9-12(6-2)11(4)13/h7-8,10,12H,4-6,9,13H2,1-3H3/b8-7-. The number of rotatable bonds is 6. The van der Waals surface area contributed by atoms with Crippen LogP contribution < -0.4 is 5.73 Å². The first-order chi connectivity index (χ1) is 6.11. The van der Waals surface area contributed by atoms with Crippen LogP contribution in [0, 0.1) is 11.8 Å². The van der Waals surface area contributed by atoms with Gasteiger partial charge in [-0.25, -0.2) is 0 Å². The van der Waals surface area contributed by atoms with Gasteiger partial charge >= 0.3 is 0 Å². The van der Waals surface area contributed by atoms with Gasteiger partial charge in [0, 0.05) is 11.6 Å². The van der Waals surface area contributed by atoms with Gasteiger partial charge in [-0.1, -0.05) is 45.9 Å². The second-order valence-corrected chi connectivity index (χ2v) is 3.73. The molecule has 13 heavy (non-hydrogen) atoms. The van der Waals surface area contributed by atoms with Crippen LogP contribution >= 0.6 is 0 Å². The summed E-state index contributed by atoms with van der Waals surface area (Å²) in [5, 5.41) is 0. The zero-order valence-electron chi connectivity index (χ0n) is 9.22. The highest BCUT2D eigenvalue weighted by Crippen LogP contribution is 2.15. The molecule has 0 aliphatic carbocycles. The first-order valence-electron chi connectivity index (χ1n) is 5.22. The molecule has 76 valence electrons. The number of allylic oxidation sites excluding steroid dienone is 3. The lowest BCUT2D eigenvalue weighted by Gasteiger charge is -2.11. The molecule has 0 aromatic heterocycles. The lowest BCUT2D eigenvalue weighted by Crippen LogP contribution is -2.08. The molecule has 0 fully saturated rings. The summed E-state index contributed by atoms with van der Waals surface area (Å²) in [4.78, 5) is 0. The second-order valence-electron chi connectivity index (χ2n) is 3.73. The van der Waals surface area contributed by atoms with E-state index in [1.165, 1.54) is 6.42 Å². The lowest BCUT2D eigenvalue weighted by atomic mass is 9.98. The average molecular weight is 181 g/mol. The molecule has 0 rings (SSSR count). The highest BCUT2D eigenvalue weighted by atomic mass is 14.6. The van der Waals surface area contributed by atoms with Crippen LogP contribution in [0.3, 0.4) is 0 Å². The summed E-state index contributed by atoms with van der Waals surface area (Å²) >= 11 is 0. The average Bonchev–Trinajstić information content (AvgIpc) is 2.11. The van der Waals surface area contributed by atoms with Gasteiger partial charge in [-0.15, -0.1) is 0 Å². The minimum atomic E-state index is 0.459. The molecule has 0 aliphatic rings. The molecule has 2 unspecified atom stereocenters. The predicted molar refractivity (Wildman–Crippen MR) is 60.3 cm³/mol. The Labute approximate surface area is 82.7 Å². The Balaban J connectivity index is 3.84. The topological polar surface area (TPSA) is 26.0 Å². The van der Waals surface area contributed by atoms with E-state index in [-0.39, 0.29) is 0 Å². The largest absolute Gasteiger partial charge is 0.402 e. The van der Waals surface area contributed by atoms with Crippen molar-refractivity contribution in [2.24, 2.45) is 17.6 Å². The van der Waals surface area contributed by atoms with Gasteiger partial charge in [0.25, 0.3) is 0 Å². The minimum Gasteiger partial charge on any atom is -0.402 e. The van der Waals surface area contributed by atoms with E-state index >= 15 is 0 Å². The van der Waals surface area contributed by atoms with Gasteiger partial charge < -0.3 is 5.73 Å². The Morgan fingerprint density at radius 2 is 2.00 bits per heavy atom. The SMILES string of the molecule is C=C(N)C(CC)C/C=C\C(C)CC. The molecule has 0 saturated heterocycles. The minimum absolute atomic E-state index is 0.459. The van der Waals surface area contributed by atoms with E-state index in [4.69, 9.17) is 5.73 Å². The van der Waals surface area contributed by atoms with Crippen LogP contribution in [0.5, 0.6) is 0 Å². The van der Waals surface area contributed by atoms with E-state index in [1.54, 1.807) is 0 Å². The van der Waals surface area contributed by atoms with Crippen LogP contribution in [0.1, 0.15) is 40.0 Å². The molecule has 0 aromatic rings. The summed E-state index contributed by atoms with van der Waals surface area (Å²) in [6.45, 7) is 10.4. The van der Waals surface area contributed by atoms with Gasteiger partial charge in [0.05, 0.1) is 0 Å². The Morgan fingerprint density at radius 3 is 2.38 bits per heavy atom. The van der Waals surface area contributed by atoms with Gasteiger partial charge in [0.2, 0.25) is 0 Å². The van der Waals surface area contributed by atoms with Crippen LogP contribution in [-0.2, 0) is 0 Å². The molecule has 0 heterocycles. The van der Waals surface area contributed by atoms with Gasteiger partial charge in [-0.3, -0.25) is 0 Å². The quantitative estimate of drug-likeness (QED) is 0.624. The van der Waals surface area contributed by atoms with Crippen LogP contribution in [0.15, 0.2) is 24.4 Å². The molecular formula is C12H23N. The van der Waals surface area contributed by atoms with E-state index in [0.717, 1.165) is 18.5 Å². The van der Waals surface area contributed by atoms with Gasteiger partial charge in [0.1, 0.15) is 0 Å². The summed E-state index contributed by atoms with van der Waals surface area (Å²) in [7, 11) is 0. The maximum Gasteiger partial charge on any atom is 0.00420 e. The Morgan fingerprint density at radius 1 is 1.38 bits per heavy atom. The first-order valence-corrected chi connectivity index (χ1v) is 5.22. The van der Waals surface area contributed by atoms with Crippen LogP contribution in [0.4, 0.5) is 0 Å². The van der Waals surface area contributed by atoms with Crippen molar-refractivity contribution in [2.75, 3.05) is 0 Å². The third-order valence-corrected chi connectivity index (χ3v) is 2.55. The van der Waals surface area contributed by atoms with Crippen molar-refractivity contribution < 1.29 is 0 Å². The first kappa shape index (κ1) is 12.3. The highest BCUT2D eigenvalue weighted by molar-refractivity contribution is 4.99. The van der Waals surface area contributed by atoms with Crippen molar-refractivity contribution >= 4 is 0 Å². The monoisotopic (exact) mass is 181 g/mol. The van der Waals surface area contributed by atoms with Crippen LogP contribution in [0.2, 0.25) is 0 Å². The van der Waals surface area contributed by atoms with Crippen molar-refractivity contribution in [1.82, 2.24) is 0 Å². The van der Waals surface area contributed by atoms with Crippen molar-refractivity contribution in [2.45, 2.75) is 40.0 Å². The number of hydrogen-bond donors (Lipinski definition) is 1. The molecule has 1 heteroatoms. The zero-order chi connectivity index (χ0) is 10.3. The molecule has 0 amide bonds. The van der Waals surface area contributed by atoms with Crippen molar-refractivity contribution in [3.8, 4) is 0 Å². The molecule has 0 radical (unpaired) electrons.